The van der Waals surface area contributed by atoms with Gasteiger partial charge in [-0.15, -0.1) is 0 Å². The van der Waals surface area contributed by atoms with E-state index in [4.69, 9.17) is 23.2 Å². The number of benzene rings is 2. The quantitative estimate of drug-likeness (QED) is 0.281. The van der Waals surface area contributed by atoms with Crippen molar-refractivity contribution in [2.75, 3.05) is 5.32 Å². The molecule has 5 N–H and O–H groups in total. The van der Waals surface area contributed by atoms with E-state index in [1.165, 1.54) is 6.07 Å². The van der Waals surface area contributed by atoms with E-state index in [-0.39, 0.29) is 28.3 Å². The van der Waals surface area contributed by atoms with Crippen LogP contribution >= 0.6 is 23.2 Å². The summed E-state index contributed by atoms with van der Waals surface area (Å²) < 4.78 is 16.2. The maximum atomic E-state index is 16.2. The second-order valence-electron chi connectivity index (χ2n) is 14.5. The molecule has 1 saturated heterocycles. The summed E-state index contributed by atoms with van der Waals surface area (Å²) in [6.45, 7) is 1.80. The topological polar surface area (TPSA) is 128 Å². The van der Waals surface area contributed by atoms with Gasteiger partial charge in [0.2, 0.25) is 11.8 Å². The predicted octanol–water partition coefficient (Wildman–Crippen LogP) is 5.68. The van der Waals surface area contributed by atoms with Crippen molar-refractivity contribution < 1.29 is 29.0 Å². The smallest absolute Gasteiger partial charge is 0.309 e. The molecule has 2 aliphatic heterocycles. The second kappa shape index (κ2) is 10.7. The van der Waals surface area contributed by atoms with Gasteiger partial charge in [0.05, 0.1) is 22.1 Å². The van der Waals surface area contributed by atoms with Crippen molar-refractivity contribution in [3.05, 3.63) is 63.4 Å². The third-order valence-electron chi connectivity index (χ3n) is 11.9. The molecule has 2 heterocycles. The molecule has 0 aromatic heterocycles. The Bertz CT molecular complexity index is 1570. The minimum absolute atomic E-state index is 0.108. The van der Waals surface area contributed by atoms with Gasteiger partial charge in [0.15, 0.2) is 0 Å². The van der Waals surface area contributed by atoms with Gasteiger partial charge >= 0.3 is 5.97 Å². The van der Waals surface area contributed by atoms with Gasteiger partial charge < -0.3 is 26.2 Å². The number of halogens is 3. The van der Waals surface area contributed by atoms with Crippen LogP contribution in [0.25, 0.3) is 0 Å². The molecule has 6 atom stereocenters. The van der Waals surface area contributed by atoms with Gasteiger partial charge in [-0.3, -0.25) is 14.4 Å². The van der Waals surface area contributed by atoms with E-state index < -0.39 is 51.8 Å². The number of hydrogen-bond acceptors (Lipinski definition) is 5. The summed E-state index contributed by atoms with van der Waals surface area (Å²) in [7, 11) is 0. The number of rotatable bonds is 5. The summed E-state index contributed by atoms with van der Waals surface area (Å²) in [5, 5.41) is 31.2. The summed E-state index contributed by atoms with van der Waals surface area (Å²) in [6.07, 6.45) is 5.53. The molecule has 3 unspecified atom stereocenters. The Morgan fingerprint density at radius 1 is 1.04 bits per heavy atom. The van der Waals surface area contributed by atoms with Crippen LogP contribution in [0.1, 0.15) is 88.2 Å². The first-order chi connectivity index (χ1) is 21.3. The molecule has 5 fully saturated rings. The molecule has 2 amide bonds. The molecular formula is C34H38Cl2FN3O5. The number of carboxylic acid groups (broad SMARTS) is 1. The van der Waals surface area contributed by atoms with E-state index >= 15 is 4.39 Å². The van der Waals surface area contributed by atoms with E-state index in [0.717, 1.165) is 6.42 Å². The molecule has 0 radical (unpaired) electrons. The van der Waals surface area contributed by atoms with Gasteiger partial charge in [-0.2, -0.15) is 0 Å². The van der Waals surface area contributed by atoms with Crippen LogP contribution in [0.5, 0.6) is 0 Å². The number of carbonyl (C=O) groups excluding carboxylic acids is 2. The van der Waals surface area contributed by atoms with Crippen molar-refractivity contribution in [3.63, 3.8) is 0 Å². The lowest BCUT2D eigenvalue weighted by Crippen LogP contribution is -2.61. The van der Waals surface area contributed by atoms with Crippen LogP contribution in [0.15, 0.2) is 36.4 Å². The van der Waals surface area contributed by atoms with Crippen LogP contribution in [0.2, 0.25) is 10.0 Å². The summed E-state index contributed by atoms with van der Waals surface area (Å²) in [5.74, 6) is -3.38. The van der Waals surface area contributed by atoms with E-state index in [1.54, 1.807) is 37.3 Å². The first kappa shape index (κ1) is 30.9. The monoisotopic (exact) mass is 657 g/mol. The highest BCUT2D eigenvalue weighted by molar-refractivity contribution is 6.31. The van der Waals surface area contributed by atoms with Crippen LogP contribution < -0.4 is 16.0 Å². The number of amides is 2. The Kier molecular flexibility index (Phi) is 7.32. The minimum Gasteiger partial charge on any atom is -0.481 e. The molecule has 1 spiro atoms. The first-order valence-electron chi connectivity index (χ1n) is 15.9. The number of fused-ring (bicyclic) bond motifs is 5. The van der Waals surface area contributed by atoms with Crippen LogP contribution in [0.3, 0.4) is 0 Å². The minimum atomic E-state index is -1.42. The highest BCUT2D eigenvalue weighted by Gasteiger charge is 2.68. The third-order valence-corrected chi connectivity index (χ3v) is 12.4. The maximum Gasteiger partial charge on any atom is 0.309 e. The van der Waals surface area contributed by atoms with Gasteiger partial charge in [0, 0.05) is 28.2 Å². The fraction of sp³-hybridized carbons (Fsp3) is 0.559. The van der Waals surface area contributed by atoms with Gasteiger partial charge in [-0.05, 0) is 100.0 Å². The fourth-order valence-corrected chi connectivity index (χ4v) is 9.93. The summed E-state index contributed by atoms with van der Waals surface area (Å²) in [5.41, 5.74) is -2.40. The first-order valence-corrected chi connectivity index (χ1v) is 16.7. The zero-order chi connectivity index (χ0) is 31.9. The van der Waals surface area contributed by atoms with Crippen molar-refractivity contribution in [3.8, 4) is 0 Å². The molecule has 8 nitrogen and oxygen atoms in total. The number of nitrogens with one attached hydrogen (secondary N) is 3. The number of carbonyl (C=O) groups is 3. The molecule has 11 heteroatoms. The Labute approximate surface area is 271 Å². The lowest BCUT2D eigenvalue weighted by Gasteiger charge is -2.52. The van der Waals surface area contributed by atoms with E-state index in [1.807, 2.05) is 0 Å². The zero-order valence-corrected chi connectivity index (χ0v) is 26.6. The molecule has 8 rings (SSSR count). The van der Waals surface area contributed by atoms with Crippen LogP contribution in [-0.4, -0.2) is 51.2 Å². The van der Waals surface area contributed by atoms with E-state index in [2.05, 4.69) is 16.0 Å². The van der Waals surface area contributed by atoms with Gasteiger partial charge in [0.1, 0.15) is 11.2 Å². The maximum absolute atomic E-state index is 16.2. The standard InChI is InChI=1S/C34H38Cl2FN3O5/c1-31(45)9-3-4-18(17-31)27-34(21-8-7-19(35)16-23(21)38-29(34)42)24(20-5-2-6-22(36)25(20)37)26(39-27)28(41)40-33-13-10-32(11-14-33,12-15-33)30(43)44/h2,5-8,16,18,24,26-27,39,45H,3-4,9-15,17H2,1H3,(H,38,42)(H,40,41)(H,43,44)/t18?,24-,26+,27?,31?,32?,33?,34-/m0/s1. The Hall–Kier alpha value is -2.72. The van der Waals surface area contributed by atoms with Crippen molar-refractivity contribution in [2.24, 2.45) is 11.3 Å². The van der Waals surface area contributed by atoms with Gasteiger partial charge in [-0.1, -0.05) is 47.8 Å². The largest absolute Gasteiger partial charge is 0.481 e. The Morgan fingerprint density at radius 2 is 1.76 bits per heavy atom. The normalized spacial score (nSPS) is 38.6. The molecule has 6 aliphatic rings. The molecule has 2 aromatic carbocycles. The lowest BCUT2D eigenvalue weighted by molar-refractivity contribution is -0.157. The third kappa shape index (κ3) is 4.71. The number of aliphatic carboxylic acids is 1. The number of carboxylic acids is 1. The SMILES string of the molecule is CC1(O)CCCC(C2N[C@@H](C(=O)NC34CCC(C(=O)O)(CC3)CC4)[C@H](c3cccc(Cl)c3F)[C@]23C(=O)Nc2cc(Cl)ccc23)C1. The highest BCUT2D eigenvalue weighted by Crippen LogP contribution is 2.59. The van der Waals surface area contributed by atoms with Crippen molar-refractivity contribution in [2.45, 2.75) is 106 Å². The highest BCUT2D eigenvalue weighted by atomic mass is 35.5. The Morgan fingerprint density at radius 3 is 2.42 bits per heavy atom. The fourth-order valence-electron chi connectivity index (χ4n) is 9.58. The number of aliphatic hydroxyl groups is 1. The van der Waals surface area contributed by atoms with Crippen molar-refractivity contribution in [1.29, 1.82) is 0 Å². The molecule has 45 heavy (non-hydrogen) atoms. The number of hydrogen-bond donors (Lipinski definition) is 5. The van der Waals surface area contributed by atoms with Crippen LogP contribution in [-0.2, 0) is 19.8 Å². The molecule has 2 bridgehead atoms. The second-order valence-corrected chi connectivity index (χ2v) is 15.3. The summed E-state index contributed by atoms with van der Waals surface area (Å²) in [6, 6.07) is 8.18. The van der Waals surface area contributed by atoms with E-state index in [9.17, 15) is 24.6 Å². The van der Waals surface area contributed by atoms with Gasteiger partial charge in [0.25, 0.3) is 0 Å². The molecule has 240 valence electrons. The molecule has 2 aromatic rings. The van der Waals surface area contributed by atoms with Crippen molar-refractivity contribution in [1.82, 2.24) is 10.6 Å². The lowest BCUT2D eigenvalue weighted by atomic mass is 9.57. The molecule has 4 saturated carbocycles. The van der Waals surface area contributed by atoms with Crippen LogP contribution in [0, 0.1) is 17.2 Å². The van der Waals surface area contributed by atoms with Crippen molar-refractivity contribution >= 4 is 46.7 Å². The van der Waals surface area contributed by atoms with Crippen LogP contribution in [0.4, 0.5) is 10.1 Å². The average Bonchev–Trinajstić information content (AvgIpc) is 3.49. The zero-order valence-electron chi connectivity index (χ0n) is 25.1. The molecule has 4 aliphatic carbocycles. The summed E-state index contributed by atoms with van der Waals surface area (Å²) in [4.78, 5) is 41.2. The number of anilines is 1. The molecular weight excluding hydrogens is 620 g/mol. The average molecular weight is 659 g/mol. The Balaban J connectivity index is 1.36. The van der Waals surface area contributed by atoms with Gasteiger partial charge in [-0.25, -0.2) is 4.39 Å². The predicted molar refractivity (Wildman–Crippen MR) is 168 cm³/mol. The summed E-state index contributed by atoms with van der Waals surface area (Å²) >= 11 is 12.7. The van der Waals surface area contributed by atoms with E-state index in [0.29, 0.717) is 74.1 Å².